The first-order chi connectivity index (χ1) is 31.8. The Morgan fingerprint density at radius 3 is 0.416 bits per heavy atom. The minimum absolute atomic E-state index is 0. The molecule has 0 unspecified atom stereocenters. The molecule has 16 N–H and O–H groups in total. The van der Waals surface area contributed by atoms with Gasteiger partial charge in [-0.15, -0.1) is 0 Å². The molecule has 8 heterocycles. The van der Waals surface area contributed by atoms with E-state index in [2.05, 4.69) is 137 Å². The van der Waals surface area contributed by atoms with E-state index in [1.165, 1.54) is 0 Å². The van der Waals surface area contributed by atoms with Crippen molar-refractivity contribution in [2.45, 2.75) is 0 Å². The second-order valence-electron chi connectivity index (χ2n) is 13.7. The largest absolute Gasteiger partial charge is 3.00 e. The minimum Gasteiger partial charge on any atom is -2.00 e. The molecule has 0 spiro atoms. The molecule has 8 aromatic heterocycles. The first kappa shape index (κ1) is 78.5. The van der Waals surface area contributed by atoms with Crippen LogP contribution in [-0.4, -0.2) is 119 Å². The molecule has 0 aliphatic rings. The first-order valence-corrected chi connectivity index (χ1v) is 22.1. The number of nitrogens with zero attached hydrogens (tertiary/aromatic N) is 8. The Balaban J connectivity index is -0.000000270. The number of fused-ring (bicyclic) bond motifs is 12. The van der Waals surface area contributed by atoms with Gasteiger partial charge in [-0.2, -0.15) is 0 Å². The van der Waals surface area contributed by atoms with Gasteiger partial charge >= 0.3 is 34.1 Å². The third-order valence-corrected chi connectivity index (χ3v) is 9.38. The molecule has 0 bridgehead atoms. The Hall–Kier alpha value is -7.42. The standard InChI is InChI=1S/4C12H8N2.2Fe.2H2O4S.8H2O.O/c4*1-3-9-5-6-10-4-2-8-14-12(10)11(9)13-7-1;;;2*1-5(2,3)4;;;;;;;;;/h4*1-8H;;;2*(H2,1,2,3,4);8*1H2;/q;;;;2*+3;;;;;;;;;;;-2/p-4. The summed E-state index contributed by atoms with van der Waals surface area (Å²) in [5, 5.41) is 9.10. The maximum atomic E-state index is 8.52. The van der Waals surface area contributed by atoms with Gasteiger partial charge in [0.05, 0.1) is 44.1 Å². The van der Waals surface area contributed by atoms with E-state index < -0.39 is 20.8 Å². The number of pyridine rings is 8. The van der Waals surface area contributed by atoms with Crippen LogP contribution in [0.1, 0.15) is 0 Å². The predicted octanol–water partition coefficient (Wildman–Crippen LogP) is 1.73. The molecule has 77 heavy (non-hydrogen) atoms. The molecule has 0 fully saturated rings. The van der Waals surface area contributed by atoms with E-state index in [4.69, 9.17) is 35.0 Å². The summed E-state index contributed by atoms with van der Waals surface area (Å²) >= 11 is 0. The van der Waals surface area contributed by atoms with Crippen LogP contribution in [0, 0.1) is 0 Å². The van der Waals surface area contributed by atoms with Gasteiger partial charge in [0.15, 0.2) is 0 Å². The molecular weight excluding hydrogens is 1140 g/mol. The van der Waals surface area contributed by atoms with Crippen LogP contribution in [0.5, 0.6) is 0 Å². The molecule has 12 aromatic rings. The molecule has 25 nitrogen and oxygen atoms in total. The van der Waals surface area contributed by atoms with E-state index in [1.54, 1.807) is 49.6 Å². The van der Waals surface area contributed by atoms with E-state index in [-0.39, 0.29) is 83.4 Å². The average Bonchev–Trinajstić information content (AvgIpc) is 3.33. The van der Waals surface area contributed by atoms with Crippen molar-refractivity contribution in [3.8, 4) is 0 Å². The second kappa shape index (κ2) is 36.5. The van der Waals surface area contributed by atoms with Crippen molar-refractivity contribution in [1.29, 1.82) is 0 Å². The van der Waals surface area contributed by atoms with E-state index in [9.17, 15) is 0 Å². The van der Waals surface area contributed by atoms with Gasteiger partial charge in [0.1, 0.15) is 0 Å². The van der Waals surface area contributed by atoms with E-state index in [0.717, 1.165) is 87.2 Å². The van der Waals surface area contributed by atoms with Crippen LogP contribution in [0.3, 0.4) is 0 Å². The number of benzene rings is 4. The number of aromatic nitrogens is 8. The summed E-state index contributed by atoms with van der Waals surface area (Å²) in [7, 11) is -10.3. The molecule has 0 aliphatic heterocycles. The fourth-order valence-corrected chi connectivity index (χ4v) is 6.72. The molecule has 0 atom stereocenters. The molecule has 4 aromatic carbocycles. The Kier molecular flexibility index (Phi) is 37.2. The second-order valence-corrected chi connectivity index (χ2v) is 15.3. The maximum absolute atomic E-state index is 8.52. The van der Waals surface area contributed by atoms with Gasteiger partial charge in [0, 0.05) is 113 Å². The zero-order chi connectivity index (χ0) is 46.5. The quantitative estimate of drug-likeness (QED) is 0.0903. The number of hydrogen-bond donors (Lipinski definition) is 0. The molecular formula is C48H48Fe2N8O17S2. The predicted molar refractivity (Wildman–Crippen MR) is 279 cm³/mol. The smallest absolute Gasteiger partial charge is 2.00 e. The first-order valence-electron chi connectivity index (χ1n) is 19.5. The third kappa shape index (κ3) is 22.4. The van der Waals surface area contributed by atoms with Crippen LogP contribution in [0.25, 0.3) is 87.2 Å². The van der Waals surface area contributed by atoms with Gasteiger partial charge in [0.2, 0.25) is 0 Å². The molecule has 12 rings (SSSR count). The topological polar surface area (TPSA) is 544 Å². The van der Waals surface area contributed by atoms with Gasteiger partial charge < -0.3 is 67.5 Å². The third-order valence-electron chi connectivity index (χ3n) is 9.38. The Morgan fingerprint density at radius 2 is 0.325 bits per heavy atom. The van der Waals surface area contributed by atoms with Crippen LogP contribution >= 0.6 is 0 Å². The van der Waals surface area contributed by atoms with Crippen LogP contribution in [0.2, 0.25) is 0 Å². The van der Waals surface area contributed by atoms with Gasteiger partial charge in [0.25, 0.3) is 0 Å². The van der Waals surface area contributed by atoms with Gasteiger partial charge in [-0.05, 0) is 48.5 Å². The van der Waals surface area contributed by atoms with Crippen molar-refractivity contribution in [3.63, 3.8) is 0 Å². The van der Waals surface area contributed by atoms with Gasteiger partial charge in [-0.25, -0.2) is 0 Å². The molecule has 0 aliphatic carbocycles. The van der Waals surface area contributed by atoms with Crippen LogP contribution in [-0.2, 0) is 60.4 Å². The minimum atomic E-state index is -5.17. The van der Waals surface area contributed by atoms with Crippen molar-refractivity contribution >= 4 is 108 Å². The number of rotatable bonds is 0. The molecule has 410 valence electrons. The fraction of sp³-hybridized carbons (Fsp3) is 0. The average molecular weight is 1180 g/mol. The zero-order valence-corrected chi connectivity index (χ0v) is 43.1. The zero-order valence-electron chi connectivity index (χ0n) is 39.3. The Bertz CT molecular complexity index is 3180. The van der Waals surface area contributed by atoms with Crippen LogP contribution in [0.4, 0.5) is 0 Å². The van der Waals surface area contributed by atoms with Gasteiger partial charge in [-0.3, -0.25) is 56.7 Å². The molecule has 0 amide bonds. The summed E-state index contributed by atoms with van der Waals surface area (Å²) in [6.45, 7) is 0. The van der Waals surface area contributed by atoms with Crippen LogP contribution < -0.4 is 0 Å². The summed E-state index contributed by atoms with van der Waals surface area (Å²) in [5.74, 6) is 0. The summed E-state index contributed by atoms with van der Waals surface area (Å²) in [6, 6.07) is 48.6. The summed E-state index contributed by atoms with van der Waals surface area (Å²) in [5.41, 5.74) is 7.82. The molecule has 0 saturated carbocycles. The van der Waals surface area contributed by atoms with Crippen molar-refractivity contribution in [3.05, 3.63) is 195 Å². The van der Waals surface area contributed by atoms with Gasteiger partial charge in [-0.1, -0.05) is 97.1 Å². The monoisotopic (exact) mass is 1180 g/mol. The molecule has 29 heteroatoms. The summed E-state index contributed by atoms with van der Waals surface area (Å²) < 4.78 is 68.2. The Morgan fingerprint density at radius 1 is 0.234 bits per heavy atom. The SMILES string of the molecule is O.O.O.O.O.O.O.O.O=S(=O)([O-])[O-].O=S(=O)([O-])[O-].[Fe+3].[Fe+3].[O-2].c1cnc2c(c1)ccc1cccnc12.c1cnc2c(c1)ccc1cccnc12.c1cnc2c(c1)ccc1cccnc12.c1cnc2c(c1)ccc1cccnc12. The van der Waals surface area contributed by atoms with Crippen molar-refractivity contribution < 1.29 is 118 Å². The summed E-state index contributed by atoms with van der Waals surface area (Å²) in [4.78, 5) is 34.8. The molecule has 2 radical (unpaired) electrons. The Labute approximate surface area is 459 Å². The summed E-state index contributed by atoms with van der Waals surface area (Å²) in [6.07, 6.45) is 14.4. The maximum Gasteiger partial charge on any atom is 3.00 e. The molecule has 0 saturated heterocycles. The van der Waals surface area contributed by atoms with Crippen molar-refractivity contribution in [1.82, 2.24) is 39.9 Å². The van der Waals surface area contributed by atoms with E-state index in [1.807, 2.05) is 48.5 Å². The van der Waals surface area contributed by atoms with Crippen LogP contribution in [0.15, 0.2) is 195 Å². The fourth-order valence-electron chi connectivity index (χ4n) is 6.72. The van der Waals surface area contributed by atoms with Crippen molar-refractivity contribution in [2.24, 2.45) is 0 Å². The van der Waals surface area contributed by atoms with E-state index in [0.29, 0.717) is 0 Å². The van der Waals surface area contributed by atoms with Crippen molar-refractivity contribution in [2.75, 3.05) is 0 Å². The van der Waals surface area contributed by atoms with E-state index >= 15 is 0 Å². The number of hydrogen-bond acceptors (Lipinski definition) is 16. The normalized spacial score (nSPS) is 9.40.